The van der Waals surface area contributed by atoms with Crippen molar-refractivity contribution in [3.05, 3.63) is 0 Å². The van der Waals surface area contributed by atoms with Gasteiger partial charge in [-0.3, -0.25) is 9.13 Å². The van der Waals surface area contributed by atoms with Crippen molar-refractivity contribution in [2.75, 3.05) is 6.54 Å². The van der Waals surface area contributed by atoms with Crippen molar-refractivity contribution < 1.29 is 33.8 Å². The van der Waals surface area contributed by atoms with Crippen LogP contribution in [0.2, 0.25) is 0 Å². The summed E-state index contributed by atoms with van der Waals surface area (Å²) in [5.41, 5.74) is 5.56. The maximum atomic E-state index is 11.3. The zero-order chi connectivity index (χ0) is 14.9. The fourth-order valence-corrected chi connectivity index (χ4v) is 4.93. The van der Waals surface area contributed by atoms with E-state index in [1.165, 1.54) is 0 Å². The Kier molecular flexibility index (Phi) is 5.38. The van der Waals surface area contributed by atoms with Crippen LogP contribution >= 0.6 is 15.2 Å². The first-order valence-corrected chi connectivity index (χ1v) is 9.29. The molecule has 1 rings (SSSR count). The molecule has 0 amide bonds. The van der Waals surface area contributed by atoms with E-state index < -0.39 is 32.6 Å². The molecular formula is C9H21NO7P2. The highest BCUT2D eigenvalue weighted by atomic mass is 31.2. The van der Waals surface area contributed by atoms with Crippen LogP contribution in [0.1, 0.15) is 32.1 Å². The Morgan fingerprint density at radius 2 is 1.42 bits per heavy atom. The van der Waals surface area contributed by atoms with Crippen molar-refractivity contribution in [1.82, 2.24) is 0 Å². The Labute approximate surface area is 111 Å². The molecule has 114 valence electrons. The topological polar surface area (TPSA) is 161 Å². The first-order chi connectivity index (χ1) is 8.53. The predicted octanol–water partition coefficient (Wildman–Crippen LogP) is 0.143. The lowest BCUT2D eigenvalue weighted by Gasteiger charge is -2.37. The van der Waals surface area contributed by atoms with Gasteiger partial charge in [0.05, 0.1) is 0 Å². The maximum absolute atomic E-state index is 11.3. The molecule has 0 aromatic heterocycles. The lowest BCUT2D eigenvalue weighted by Crippen LogP contribution is -2.36. The summed E-state index contributed by atoms with van der Waals surface area (Å²) in [7, 11) is -10.7. The van der Waals surface area contributed by atoms with Crippen molar-refractivity contribution in [2.45, 2.75) is 37.2 Å². The molecule has 19 heavy (non-hydrogen) atoms. The average Bonchev–Trinajstić information content (AvgIpc) is 2.26. The van der Waals surface area contributed by atoms with E-state index in [9.17, 15) is 14.2 Å². The summed E-state index contributed by atoms with van der Waals surface area (Å²) in [5.74, 6) is -0.484. The monoisotopic (exact) mass is 317 g/mol. The number of rotatable bonds is 5. The van der Waals surface area contributed by atoms with Crippen LogP contribution in [0.3, 0.4) is 0 Å². The molecule has 0 saturated heterocycles. The normalized spacial score (nSPS) is 26.4. The number of aliphatic hydroxyl groups is 1. The largest absolute Gasteiger partial charge is 0.369 e. The van der Waals surface area contributed by atoms with Crippen molar-refractivity contribution >= 4 is 15.2 Å². The number of hydrogen-bond donors (Lipinski definition) is 6. The quantitative estimate of drug-likeness (QED) is 0.390. The van der Waals surface area contributed by atoms with Crippen LogP contribution in [0.15, 0.2) is 0 Å². The SMILES string of the molecule is NCC1CCCCC1CC(O)(P(=O)(O)O)P(=O)(O)O. The zero-order valence-electron chi connectivity index (χ0n) is 10.4. The molecule has 2 atom stereocenters. The molecule has 0 aromatic rings. The van der Waals surface area contributed by atoms with Gasteiger partial charge in [0.25, 0.3) is 5.08 Å². The summed E-state index contributed by atoms with van der Waals surface area (Å²) in [5, 5.41) is 6.57. The summed E-state index contributed by atoms with van der Waals surface area (Å²) in [4.78, 5) is 36.4. The minimum atomic E-state index is -5.36. The van der Waals surface area contributed by atoms with Crippen LogP contribution in [-0.4, -0.2) is 36.3 Å². The van der Waals surface area contributed by atoms with E-state index in [4.69, 9.17) is 25.3 Å². The fourth-order valence-electron chi connectivity index (χ4n) is 2.62. The molecule has 8 nitrogen and oxygen atoms in total. The smallest absolute Gasteiger partial charge is 0.368 e. The van der Waals surface area contributed by atoms with Gasteiger partial charge in [0, 0.05) is 6.42 Å². The van der Waals surface area contributed by atoms with Gasteiger partial charge in [0.2, 0.25) is 0 Å². The molecule has 1 aliphatic rings. The van der Waals surface area contributed by atoms with E-state index in [0.717, 1.165) is 19.3 Å². The predicted molar refractivity (Wildman–Crippen MR) is 68.2 cm³/mol. The summed E-state index contributed by atoms with van der Waals surface area (Å²) < 4.78 is 22.6. The van der Waals surface area contributed by atoms with Gasteiger partial charge in [-0.1, -0.05) is 12.8 Å². The van der Waals surface area contributed by atoms with Crippen molar-refractivity contribution in [1.29, 1.82) is 0 Å². The lowest BCUT2D eigenvalue weighted by atomic mass is 9.77. The van der Waals surface area contributed by atoms with E-state index >= 15 is 0 Å². The average molecular weight is 317 g/mol. The molecule has 10 heteroatoms. The van der Waals surface area contributed by atoms with Crippen molar-refractivity contribution in [2.24, 2.45) is 17.6 Å². The van der Waals surface area contributed by atoms with Crippen molar-refractivity contribution in [3.63, 3.8) is 0 Å². The first-order valence-electron chi connectivity index (χ1n) is 6.06. The third-order valence-corrected chi connectivity index (χ3v) is 7.63. The minimum absolute atomic E-state index is 0.0848. The van der Waals surface area contributed by atoms with Crippen LogP contribution in [-0.2, 0) is 9.13 Å². The van der Waals surface area contributed by atoms with Gasteiger partial charge in [-0.25, -0.2) is 0 Å². The second-order valence-corrected chi connectivity index (χ2v) is 9.12. The van der Waals surface area contributed by atoms with Gasteiger partial charge in [-0.15, -0.1) is 0 Å². The first kappa shape index (κ1) is 17.3. The van der Waals surface area contributed by atoms with Crippen LogP contribution in [0, 0.1) is 11.8 Å². The molecule has 0 bridgehead atoms. The summed E-state index contributed by atoms with van der Waals surface area (Å²) in [6.07, 6.45) is 2.36. The molecular weight excluding hydrogens is 296 g/mol. The van der Waals surface area contributed by atoms with Gasteiger partial charge >= 0.3 is 15.2 Å². The summed E-state index contributed by atoms with van der Waals surface area (Å²) in [6, 6.07) is 0. The molecule has 0 aromatic carbocycles. The second-order valence-electron chi connectivity index (χ2n) is 5.11. The van der Waals surface area contributed by atoms with Gasteiger partial charge in [-0.05, 0) is 31.2 Å². The highest BCUT2D eigenvalue weighted by Gasteiger charge is 2.60. The summed E-state index contributed by atoms with van der Waals surface area (Å²) >= 11 is 0. The van der Waals surface area contributed by atoms with Crippen LogP contribution in [0.25, 0.3) is 0 Å². The zero-order valence-corrected chi connectivity index (χ0v) is 12.2. The van der Waals surface area contributed by atoms with Gasteiger partial charge < -0.3 is 30.4 Å². The Balaban J connectivity index is 3.02. The number of nitrogens with two attached hydrogens (primary N) is 1. The molecule has 0 spiro atoms. The van der Waals surface area contributed by atoms with Gasteiger partial charge in [0.1, 0.15) is 0 Å². The molecule has 1 saturated carbocycles. The Morgan fingerprint density at radius 1 is 1.00 bits per heavy atom. The fraction of sp³-hybridized carbons (Fsp3) is 1.00. The van der Waals surface area contributed by atoms with Gasteiger partial charge in [0.15, 0.2) is 0 Å². The molecule has 2 unspecified atom stereocenters. The Morgan fingerprint density at radius 3 is 1.79 bits per heavy atom. The van der Waals surface area contributed by atoms with E-state index in [0.29, 0.717) is 6.42 Å². The second kappa shape index (κ2) is 5.92. The Bertz CT molecular complexity index is 381. The molecule has 0 radical (unpaired) electrons. The lowest BCUT2D eigenvalue weighted by molar-refractivity contribution is 0.0829. The van der Waals surface area contributed by atoms with E-state index in [-0.39, 0.29) is 12.5 Å². The number of hydrogen-bond acceptors (Lipinski definition) is 4. The third kappa shape index (κ3) is 3.65. The van der Waals surface area contributed by atoms with Crippen LogP contribution < -0.4 is 5.73 Å². The third-order valence-electron chi connectivity index (χ3n) is 3.84. The van der Waals surface area contributed by atoms with Crippen LogP contribution in [0.4, 0.5) is 0 Å². The highest BCUT2D eigenvalue weighted by molar-refractivity contribution is 7.72. The Hall–Kier alpha value is 0.220. The molecule has 0 heterocycles. The standard InChI is InChI=1S/C9H21NO7P2/c10-6-8-4-2-1-3-7(8)5-9(11,18(12,13)14)19(15,16)17/h7-8,11H,1-6,10H2,(H2,12,13,14)(H2,15,16,17). The van der Waals surface area contributed by atoms with E-state index in [1.807, 2.05) is 0 Å². The van der Waals surface area contributed by atoms with E-state index in [2.05, 4.69) is 0 Å². The molecule has 1 fully saturated rings. The highest BCUT2D eigenvalue weighted by Crippen LogP contribution is 2.70. The molecule has 1 aliphatic carbocycles. The van der Waals surface area contributed by atoms with Gasteiger partial charge in [-0.2, -0.15) is 0 Å². The minimum Gasteiger partial charge on any atom is -0.368 e. The van der Waals surface area contributed by atoms with Crippen molar-refractivity contribution in [3.8, 4) is 0 Å². The van der Waals surface area contributed by atoms with E-state index in [1.54, 1.807) is 0 Å². The maximum Gasteiger partial charge on any atom is 0.369 e. The molecule has 0 aliphatic heterocycles. The van der Waals surface area contributed by atoms with Crippen LogP contribution in [0.5, 0.6) is 0 Å². The molecule has 7 N–H and O–H groups in total. The summed E-state index contributed by atoms with van der Waals surface area (Å²) in [6.45, 7) is 0.267.